The number of nitrogens with zero attached hydrogens (tertiary/aromatic N) is 2. The molecule has 1 amide bonds. The van der Waals surface area contributed by atoms with E-state index in [4.69, 9.17) is 10.00 Å². The molecule has 0 aromatic heterocycles. The van der Waals surface area contributed by atoms with Crippen LogP contribution in [0.1, 0.15) is 19.3 Å². The smallest absolute Gasteiger partial charge is 0.224 e. The van der Waals surface area contributed by atoms with E-state index in [0.717, 1.165) is 19.4 Å². The molecule has 2 aliphatic heterocycles. The summed E-state index contributed by atoms with van der Waals surface area (Å²) in [5.41, 5.74) is 0. The van der Waals surface area contributed by atoms with Crippen molar-refractivity contribution in [3.05, 3.63) is 0 Å². The lowest BCUT2D eigenvalue weighted by molar-refractivity contribution is -0.136. The van der Waals surface area contributed by atoms with Crippen LogP contribution in [0.15, 0.2) is 0 Å². The second-order valence-corrected chi connectivity index (χ2v) is 3.98. The molecule has 4 nitrogen and oxygen atoms in total. The summed E-state index contributed by atoms with van der Waals surface area (Å²) >= 11 is 0. The second kappa shape index (κ2) is 3.97. The van der Waals surface area contributed by atoms with E-state index in [1.165, 1.54) is 0 Å². The van der Waals surface area contributed by atoms with Crippen molar-refractivity contribution < 1.29 is 9.53 Å². The Balaban J connectivity index is 1.87. The van der Waals surface area contributed by atoms with Gasteiger partial charge in [0.1, 0.15) is 6.04 Å². The Bertz CT molecular complexity index is 268. The highest BCUT2D eigenvalue weighted by molar-refractivity contribution is 5.77. The van der Waals surface area contributed by atoms with Gasteiger partial charge in [0.15, 0.2) is 0 Å². The molecule has 0 bridgehead atoms. The molecule has 2 rings (SSSR count). The first-order valence-electron chi connectivity index (χ1n) is 5.08. The van der Waals surface area contributed by atoms with Crippen LogP contribution in [0.3, 0.4) is 0 Å². The molecule has 4 heteroatoms. The third kappa shape index (κ3) is 1.73. The minimum atomic E-state index is -0.177. The van der Waals surface area contributed by atoms with E-state index in [9.17, 15) is 4.79 Å². The zero-order valence-electron chi connectivity index (χ0n) is 8.11. The van der Waals surface area contributed by atoms with Gasteiger partial charge in [-0.25, -0.2) is 0 Å². The van der Waals surface area contributed by atoms with E-state index >= 15 is 0 Å². The predicted molar refractivity (Wildman–Crippen MR) is 49.3 cm³/mol. The van der Waals surface area contributed by atoms with Crippen LogP contribution in [0.4, 0.5) is 0 Å². The van der Waals surface area contributed by atoms with Gasteiger partial charge in [-0.15, -0.1) is 0 Å². The minimum absolute atomic E-state index is 0.127. The van der Waals surface area contributed by atoms with Crippen molar-refractivity contribution >= 4 is 5.91 Å². The lowest BCUT2D eigenvalue weighted by Gasteiger charge is -2.28. The Morgan fingerprint density at radius 2 is 2.36 bits per heavy atom. The average molecular weight is 194 g/mol. The Hall–Kier alpha value is -1.08. The predicted octanol–water partition coefficient (Wildman–Crippen LogP) is 0.537. The average Bonchev–Trinajstić information content (AvgIpc) is 2.58. The zero-order chi connectivity index (χ0) is 9.97. The number of nitriles is 1. The number of likely N-dealkylation sites (tertiary alicyclic amines) is 1. The summed E-state index contributed by atoms with van der Waals surface area (Å²) < 4.78 is 5.02. The van der Waals surface area contributed by atoms with Gasteiger partial charge in [-0.2, -0.15) is 5.26 Å². The highest BCUT2D eigenvalue weighted by atomic mass is 16.5. The first kappa shape index (κ1) is 9.47. The third-order valence-corrected chi connectivity index (χ3v) is 2.89. The number of hydrogen-bond acceptors (Lipinski definition) is 3. The molecule has 0 radical (unpaired) electrons. The maximum atomic E-state index is 11.7. The highest BCUT2D eigenvalue weighted by Crippen LogP contribution is 2.21. The van der Waals surface area contributed by atoms with Crippen LogP contribution >= 0.6 is 0 Å². The van der Waals surface area contributed by atoms with Crippen LogP contribution in [0.5, 0.6) is 0 Å². The first-order chi connectivity index (χ1) is 6.81. The molecular formula is C10H14N2O2. The van der Waals surface area contributed by atoms with Crippen LogP contribution in [0, 0.1) is 17.2 Å². The van der Waals surface area contributed by atoms with E-state index in [-0.39, 0.29) is 11.9 Å². The lowest BCUT2D eigenvalue weighted by atomic mass is 10.0. The van der Waals surface area contributed by atoms with Crippen molar-refractivity contribution in [2.24, 2.45) is 5.92 Å². The summed E-state index contributed by atoms with van der Waals surface area (Å²) in [5, 5.41) is 8.82. The maximum absolute atomic E-state index is 11.7. The fourth-order valence-electron chi connectivity index (χ4n) is 1.97. The van der Waals surface area contributed by atoms with E-state index < -0.39 is 0 Å². The van der Waals surface area contributed by atoms with Crippen LogP contribution in [-0.2, 0) is 9.53 Å². The molecule has 0 spiro atoms. The van der Waals surface area contributed by atoms with E-state index in [2.05, 4.69) is 6.07 Å². The number of rotatable bonds is 2. The standard InChI is InChI=1S/C10H14N2O2/c11-5-9-2-1-3-12(9)10(13)4-8-6-14-7-8/h8-9H,1-4,6-7H2. The molecule has 2 heterocycles. The second-order valence-electron chi connectivity index (χ2n) is 3.98. The molecule has 2 saturated heterocycles. The summed E-state index contributed by atoms with van der Waals surface area (Å²) in [7, 11) is 0. The quantitative estimate of drug-likeness (QED) is 0.644. The number of hydrogen-bond donors (Lipinski definition) is 0. The largest absolute Gasteiger partial charge is 0.381 e. The van der Waals surface area contributed by atoms with Crippen molar-refractivity contribution in [2.75, 3.05) is 19.8 Å². The summed E-state index contributed by atoms with van der Waals surface area (Å²) in [4.78, 5) is 13.5. The van der Waals surface area contributed by atoms with Crippen molar-refractivity contribution in [2.45, 2.75) is 25.3 Å². The van der Waals surface area contributed by atoms with E-state index in [1.54, 1.807) is 4.90 Å². The normalized spacial score (nSPS) is 27.1. The Morgan fingerprint density at radius 3 is 2.93 bits per heavy atom. The van der Waals surface area contributed by atoms with Crippen molar-refractivity contribution in [1.82, 2.24) is 4.90 Å². The van der Waals surface area contributed by atoms with Gasteiger partial charge >= 0.3 is 0 Å². The summed E-state index contributed by atoms with van der Waals surface area (Å²) in [6.07, 6.45) is 2.35. The molecule has 1 atom stereocenters. The van der Waals surface area contributed by atoms with E-state index in [1.807, 2.05) is 0 Å². The molecule has 0 aromatic carbocycles. The third-order valence-electron chi connectivity index (χ3n) is 2.89. The number of amides is 1. The van der Waals surface area contributed by atoms with Crippen LogP contribution in [-0.4, -0.2) is 36.6 Å². The van der Waals surface area contributed by atoms with Crippen LogP contribution in [0.25, 0.3) is 0 Å². The highest BCUT2D eigenvalue weighted by Gasteiger charge is 2.31. The monoisotopic (exact) mass is 194 g/mol. The zero-order valence-corrected chi connectivity index (χ0v) is 8.11. The Kier molecular flexibility index (Phi) is 2.69. The molecule has 1 unspecified atom stereocenters. The molecule has 0 saturated carbocycles. The number of ether oxygens (including phenoxy) is 1. The van der Waals surface area contributed by atoms with Crippen molar-refractivity contribution in [1.29, 1.82) is 5.26 Å². The van der Waals surface area contributed by atoms with Gasteiger partial charge in [-0.05, 0) is 12.8 Å². The SMILES string of the molecule is N#CC1CCCN1C(=O)CC1COC1. The molecule has 0 aliphatic carbocycles. The summed E-state index contributed by atoms with van der Waals surface area (Å²) in [5.74, 6) is 0.518. The van der Waals surface area contributed by atoms with Gasteiger partial charge in [-0.3, -0.25) is 4.79 Å². The van der Waals surface area contributed by atoms with Crippen LogP contribution in [0.2, 0.25) is 0 Å². The molecule has 0 aromatic rings. The molecule has 76 valence electrons. The lowest BCUT2D eigenvalue weighted by Crippen LogP contribution is -2.39. The van der Waals surface area contributed by atoms with Gasteiger partial charge in [0.25, 0.3) is 0 Å². The van der Waals surface area contributed by atoms with E-state index in [0.29, 0.717) is 25.6 Å². The van der Waals surface area contributed by atoms with Gasteiger partial charge in [-0.1, -0.05) is 0 Å². The molecule has 0 N–H and O–H groups in total. The number of carbonyl (C=O) groups excluding carboxylic acids is 1. The minimum Gasteiger partial charge on any atom is -0.381 e. The Labute approximate surface area is 83.4 Å². The molecule has 14 heavy (non-hydrogen) atoms. The summed E-state index contributed by atoms with van der Waals surface area (Å²) in [6, 6.07) is 2.00. The van der Waals surface area contributed by atoms with Gasteiger partial charge in [0.2, 0.25) is 5.91 Å². The van der Waals surface area contributed by atoms with Gasteiger partial charge in [0.05, 0.1) is 19.3 Å². The van der Waals surface area contributed by atoms with Gasteiger partial charge < -0.3 is 9.64 Å². The topological polar surface area (TPSA) is 53.3 Å². The van der Waals surface area contributed by atoms with Gasteiger partial charge in [0, 0.05) is 18.9 Å². The summed E-state index contributed by atoms with van der Waals surface area (Å²) in [6.45, 7) is 2.16. The maximum Gasteiger partial charge on any atom is 0.224 e. The number of carbonyl (C=O) groups is 1. The van der Waals surface area contributed by atoms with Crippen molar-refractivity contribution in [3.63, 3.8) is 0 Å². The molecule has 2 fully saturated rings. The fourth-order valence-corrected chi connectivity index (χ4v) is 1.97. The molecule has 2 aliphatic rings. The first-order valence-corrected chi connectivity index (χ1v) is 5.08. The molecular weight excluding hydrogens is 180 g/mol. The fraction of sp³-hybridized carbons (Fsp3) is 0.800. The Morgan fingerprint density at radius 1 is 1.57 bits per heavy atom. The van der Waals surface area contributed by atoms with Crippen molar-refractivity contribution in [3.8, 4) is 6.07 Å². The van der Waals surface area contributed by atoms with Crippen LogP contribution < -0.4 is 0 Å².